The molecule has 1 heterocycles. The lowest BCUT2D eigenvalue weighted by atomic mass is 10.2. The molecule has 0 amide bonds. The normalized spacial score (nSPS) is 10.3. The van der Waals surface area contributed by atoms with Crippen molar-refractivity contribution in [3.8, 4) is 0 Å². The molecule has 1 aromatic heterocycles. The number of aromatic nitrogens is 3. The molecule has 1 aromatic carbocycles. The molecule has 2 rings (SSSR count). The summed E-state index contributed by atoms with van der Waals surface area (Å²) >= 11 is 4.07. The van der Waals surface area contributed by atoms with Gasteiger partial charge >= 0.3 is 5.97 Å². The van der Waals surface area contributed by atoms with Crippen LogP contribution < -0.4 is 0 Å². The molecule has 0 spiro atoms. The van der Waals surface area contributed by atoms with Gasteiger partial charge in [-0.25, -0.2) is 4.79 Å². The van der Waals surface area contributed by atoms with Crippen LogP contribution >= 0.6 is 12.6 Å². The third-order valence-electron chi connectivity index (χ3n) is 2.11. The van der Waals surface area contributed by atoms with E-state index in [1.165, 1.54) is 4.57 Å². The molecule has 82 valence electrons. The van der Waals surface area contributed by atoms with Crippen LogP contribution in [0, 0.1) is 0 Å². The van der Waals surface area contributed by atoms with Crippen molar-refractivity contribution in [3.63, 3.8) is 0 Å². The van der Waals surface area contributed by atoms with Crippen LogP contribution in [0.25, 0.3) is 0 Å². The number of nitrogens with zero attached hydrogens (tertiary/aromatic N) is 3. The number of carbonyl (C=O) groups is 1. The maximum atomic E-state index is 10.9. The lowest BCUT2D eigenvalue weighted by molar-refractivity contribution is 0.0677. The molecular formula is C10H9N3O2S. The Bertz CT molecular complexity index is 510. The van der Waals surface area contributed by atoms with Gasteiger partial charge in [-0.3, -0.25) is 4.57 Å². The summed E-state index contributed by atoms with van der Waals surface area (Å²) < 4.78 is 1.45. The molecule has 16 heavy (non-hydrogen) atoms. The van der Waals surface area contributed by atoms with E-state index >= 15 is 0 Å². The van der Waals surface area contributed by atoms with E-state index in [0.29, 0.717) is 11.7 Å². The molecule has 6 heteroatoms. The fourth-order valence-electron chi connectivity index (χ4n) is 1.36. The molecule has 0 fully saturated rings. The highest BCUT2D eigenvalue weighted by Crippen LogP contribution is 2.10. The summed E-state index contributed by atoms with van der Waals surface area (Å²) in [6.45, 7) is 0.397. The zero-order valence-corrected chi connectivity index (χ0v) is 9.13. The van der Waals surface area contributed by atoms with Gasteiger partial charge in [-0.05, 0) is 5.56 Å². The molecule has 5 nitrogen and oxygen atoms in total. The maximum absolute atomic E-state index is 10.9. The van der Waals surface area contributed by atoms with Gasteiger partial charge in [0.05, 0.1) is 6.54 Å². The second kappa shape index (κ2) is 4.36. The van der Waals surface area contributed by atoms with Crippen molar-refractivity contribution in [3.05, 3.63) is 41.7 Å². The molecule has 0 unspecified atom stereocenters. The van der Waals surface area contributed by atoms with E-state index in [4.69, 9.17) is 5.11 Å². The highest BCUT2D eigenvalue weighted by Gasteiger charge is 2.15. The summed E-state index contributed by atoms with van der Waals surface area (Å²) in [4.78, 5) is 10.9. The van der Waals surface area contributed by atoms with Crippen molar-refractivity contribution in [1.82, 2.24) is 14.8 Å². The standard InChI is InChI=1S/C10H9N3O2S/c14-9(15)8-11-12-10(16)13(8)6-7-4-2-1-3-5-7/h1-5H,6H2,(H,12,16)(H,14,15). The van der Waals surface area contributed by atoms with E-state index in [2.05, 4.69) is 22.8 Å². The molecule has 0 atom stereocenters. The van der Waals surface area contributed by atoms with Crippen LogP contribution in [-0.4, -0.2) is 25.8 Å². The summed E-state index contributed by atoms with van der Waals surface area (Å²) in [5, 5.41) is 16.4. The topological polar surface area (TPSA) is 68.0 Å². The molecule has 0 aliphatic carbocycles. The lowest BCUT2D eigenvalue weighted by Gasteiger charge is -2.05. The largest absolute Gasteiger partial charge is 0.475 e. The molecule has 1 N–H and O–H groups in total. The van der Waals surface area contributed by atoms with Crippen molar-refractivity contribution >= 4 is 18.6 Å². The Balaban J connectivity index is 2.34. The molecule has 0 saturated heterocycles. The second-order valence-electron chi connectivity index (χ2n) is 3.20. The van der Waals surface area contributed by atoms with Crippen molar-refractivity contribution < 1.29 is 9.90 Å². The molecule has 0 saturated carbocycles. The zero-order chi connectivity index (χ0) is 11.5. The van der Waals surface area contributed by atoms with E-state index in [0.717, 1.165) is 5.56 Å². The van der Waals surface area contributed by atoms with Crippen LogP contribution in [0.5, 0.6) is 0 Å². The third-order valence-corrected chi connectivity index (χ3v) is 2.44. The van der Waals surface area contributed by atoms with Crippen molar-refractivity contribution in [2.24, 2.45) is 0 Å². The Hall–Kier alpha value is -1.82. The lowest BCUT2D eigenvalue weighted by Crippen LogP contribution is -2.11. The minimum Gasteiger partial charge on any atom is -0.475 e. The third kappa shape index (κ3) is 2.06. The van der Waals surface area contributed by atoms with E-state index < -0.39 is 5.97 Å². The number of rotatable bonds is 3. The minimum absolute atomic E-state index is 0.103. The number of hydrogen-bond donors (Lipinski definition) is 2. The number of thiol groups is 1. The zero-order valence-electron chi connectivity index (χ0n) is 8.24. The van der Waals surface area contributed by atoms with Gasteiger partial charge in [-0.15, -0.1) is 22.8 Å². The predicted octanol–water partition coefficient (Wildman–Crippen LogP) is 1.31. The van der Waals surface area contributed by atoms with Gasteiger partial charge in [-0.1, -0.05) is 30.3 Å². The molecule has 0 radical (unpaired) electrons. The molecule has 0 aliphatic heterocycles. The van der Waals surface area contributed by atoms with Crippen LogP contribution in [0.3, 0.4) is 0 Å². The minimum atomic E-state index is -1.11. The van der Waals surface area contributed by atoms with Crippen LogP contribution in [-0.2, 0) is 6.54 Å². The average Bonchev–Trinajstić information content (AvgIpc) is 2.62. The smallest absolute Gasteiger partial charge is 0.374 e. The van der Waals surface area contributed by atoms with Crippen LogP contribution in [0.1, 0.15) is 16.2 Å². The summed E-state index contributed by atoms with van der Waals surface area (Å²) in [6.07, 6.45) is 0. The van der Waals surface area contributed by atoms with Gasteiger partial charge in [0.15, 0.2) is 5.16 Å². The monoisotopic (exact) mass is 235 g/mol. The second-order valence-corrected chi connectivity index (χ2v) is 3.60. The van der Waals surface area contributed by atoms with Crippen LogP contribution in [0.4, 0.5) is 0 Å². The summed E-state index contributed by atoms with van der Waals surface area (Å²) in [5.74, 6) is -1.21. The first-order valence-corrected chi connectivity index (χ1v) is 5.02. The quantitative estimate of drug-likeness (QED) is 0.787. The first-order chi connectivity index (χ1) is 7.68. The van der Waals surface area contributed by atoms with Gasteiger partial charge in [-0.2, -0.15) is 0 Å². The summed E-state index contributed by atoms with van der Waals surface area (Å²) in [6, 6.07) is 9.48. The maximum Gasteiger partial charge on any atom is 0.374 e. The Morgan fingerprint density at radius 3 is 2.62 bits per heavy atom. The van der Waals surface area contributed by atoms with Crippen molar-refractivity contribution in [1.29, 1.82) is 0 Å². The highest BCUT2D eigenvalue weighted by atomic mass is 32.1. The summed E-state index contributed by atoms with van der Waals surface area (Å²) in [5.41, 5.74) is 0.972. The Morgan fingerprint density at radius 1 is 1.31 bits per heavy atom. The Labute approximate surface area is 97.2 Å². The molecule has 0 aliphatic rings. The average molecular weight is 235 g/mol. The molecular weight excluding hydrogens is 226 g/mol. The van der Waals surface area contributed by atoms with E-state index in [-0.39, 0.29) is 5.82 Å². The van der Waals surface area contributed by atoms with E-state index in [9.17, 15) is 4.79 Å². The van der Waals surface area contributed by atoms with E-state index in [1.54, 1.807) is 0 Å². The molecule has 0 bridgehead atoms. The molecule has 2 aromatic rings. The van der Waals surface area contributed by atoms with Gasteiger partial charge < -0.3 is 5.11 Å². The van der Waals surface area contributed by atoms with Crippen LogP contribution in [0.2, 0.25) is 0 Å². The number of aromatic carboxylic acids is 1. The number of carboxylic acids is 1. The number of benzene rings is 1. The van der Waals surface area contributed by atoms with Gasteiger partial charge in [0, 0.05) is 0 Å². The first-order valence-electron chi connectivity index (χ1n) is 4.58. The fourth-order valence-corrected chi connectivity index (χ4v) is 1.57. The highest BCUT2D eigenvalue weighted by molar-refractivity contribution is 7.80. The van der Waals surface area contributed by atoms with Gasteiger partial charge in [0.25, 0.3) is 0 Å². The summed E-state index contributed by atoms with van der Waals surface area (Å²) in [7, 11) is 0. The van der Waals surface area contributed by atoms with Gasteiger partial charge in [0.2, 0.25) is 5.82 Å². The van der Waals surface area contributed by atoms with Crippen LogP contribution in [0.15, 0.2) is 35.5 Å². The number of carboxylic acid groups (broad SMARTS) is 1. The van der Waals surface area contributed by atoms with Gasteiger partial charge in [0.1, 0.15) is 0 Å². The predicted molar refractivity (Wildman–Crippen MR) is 59.8 cm³/mol. The van der Waals surface area contributed by atoms with Crippen molar-refractivity contribution in [2.75, 3.05) is 0 Å². The first kappa shape index (κ1) is 10.7. The SMILES string of the molecule is O=C(O)c1nnc(S)n1Cc1ccccc1. The fraction of sp³-hybridized carbons (Fsp3) is 0.100. The number of hydrogen-bond acceptors (Lipinski definition) is 4. The Morgan fingerprint density at radius 2 is 2.00 bits per heavy atom. The van der Waals surface area contributed by atoms with Crippen molar-refractivity contribution in [2.45, 2.75) is 11.7 Å². The Kier molecular flexibility index (Phi) is 2.91. The van der Waals surface area contributed by atoms with E-state index in [1.807, 2.05) is 30.3 Å².